The molecule has 0 spiro atoms. The smallest absolute Gasteiger partial charge is 0.297 e. The number of likely N-dealkylation sites (tertiary alicyclic amines) is 1. The molecule has 124 valence electrons. The number of H-pyrrole nitrogens is 1. The molecule has 1 aliphatic heterocycles. The average Bonchev–Trinajstić information content (AvgIpc) is 3.23. The molecular formula is C18H21N5O. The minimum absolute atomic E-state index is 0.318. The number of nitrogens with zero attached hydrogens (tertiary/aromatic N) is 4. The van der Waals surface area contributed by atoms with E-state index in [-0.39, 0.29) is 5.69 Å². The Morgan fingerprint density at radius 2 is 1.88 bits per heavy atom. The van der Waals surface area contributed by atoms with E-state index in [9.17, 15) is 4.79 Å². The van der Waals surface area contributed by atoms with Gasteiger partial charge in [-0.2, -0.15) is 14.7 Å². The fraction of sp³-hybridized carbons (Fsp3) is 0.389. The third kappa shape index (κ3) is 2.43. The van der Waals surface area contributed by atoms with E-state index < -0.39 is 0 Å². The zero-order chi connectivity index (χ0) is 16.7. The fourth-order valence-corrected chi connectivity index (χ4v) is 3.64. The van der Waals surface area contributed by atoms with E-state index in [4.69, 9.17) is 0 Å². The van der Waals surface area contributed by atoms with E-state index in [0.29, 0.717) is 6.04 Å². The van der Waals surface area contributed by atoms with Gasteiger partial charge in [-0.1, -0.05) is 24.3 Å². The molecule has 1 fully saturated rings. The molecule has 1 aliphatic rings. The first kappa shape index (κ1) is 15.1. The Labute approximate surface area is 140 Å². The second-order valence-corrected chi connectivity index (χ2v) is 6.47. The lowest BCUT2D eigenvalue weighted by molar-refractivity contribution is 0.263. The van der Waals surface area contributed by atoms with Gasteiger partial charge in [0.25, 0.3) is 0 Å². The van der Waals surface area contributed by atoms with Crippen molar-refractivity contribution in [3.8, 4) is 11.1 Å². The molecule has 0 aliphatic carbocycles. The van der Waals surface area contributed by atoms with Crippen molar-refractivity contribution in [1.29, 1.82) is 0 Å². The number of aromatic nitrogens is 4. The van der Waals surface area contributed by atoms with Crippen molar-refractivity contribution in [3.63, 3.8) is 0 Å². The summed E-state index contributed by atoms with van der Waals surface area (Å²) in [6.45, 7) is 6.56. The highest BCUT2D eigenvalue weighted by Crippen LogP contribution is 2.30. The Bertz CT molecular complexity index is 919. The van der Waals surface area contributed by atoms with Crippen LogP contribution < -0.4 is 5.69 Å². The summed E-state index contributed by atoms with van der Waals surface area (Å²) in [6.07, 6.45) is 4.24. The summed E-state index contributed by atoms with van der Waals surface area (Å²) in [5.74, 6) is 0. The van der Waals surface area contributed by atoms with E-state index in [2.05, 4.69) is 51.4 Å². The van der Waals surface area contributed by atoms with Crippen molar-refractivity contribution < 1.29 is 0 Å². The number of aromatic amines is 1. The number of nitrogens with one attached hydrogen (secondary N) is 1. The number of benzene rings is 1. The van der Waals surface area contributed by atoms with E-state index in [1.165, 1.54) is 36.0 Å². The minimum atomic E-state index is -0.318. The Hall–Kier alpha value is -2.47. The molecule has 1 aromatic carbocycles. The number of fused-ring (bicyclic) bond motifs is 1. The molecule has 0 radical (unpaired) electrons. The summed E-state index contributed by atoms with van der Waals surface area (Å²) in [6, 6.07) is 9.04. The molecule has 0 amide bonds. The van der Waals surface area contributed by atoms with Crippen molar-refractivity contribution in [1.82, 2.24) is 24.7 Å². The van der Waals surface area contributed by atoms with E-state index in [1.807, 2.05) is 6.92 Å². The average molecular weight is 323 g/mol. The molecule has 24 heavy (non-hydrogen) atoms. The zero-order valence-corrected chi connectivity index (χ0v) is 14.0. The molecule has 3 heterocycles. The van der Waals surface area contributed by atoms with Gasteiger partial charge in [0, 0.05) is 11.6 Å². The van der Waals surface area contributed by atoms with Gasteiger partial charge in [-0.15, -0.1) is 0 Å². The Morgan fingerprint density at radius 1 is 1.17 bits per heavy atom. The molecule has 1 N–H and O–H groups in total. The SMILES string of the molecule is Cc1nn2c(=O)[nH]ncc2c1-c1ccc(C(C)N2CCCC2)cc1. The quantitative estimate of drug-likeness (QED) is 0.804. The van der Waals surface area contributed by atoms with Gasteiger partial charge < -0.3 is 0 Å². The van der Waals surface area contributed by atoms with Gasteiger partial charge in [0.15, 0.2) is 0 Å². The van der Waals surface area contributed by atoms with Gasteiger partial charge in [-0.05, 0) is 50.9 Å². The van der Waals surface area contributed by atoms with Gasteiger partial charge in [-0.3, -0.25) is 4.90 Å². The van der Waals surface area contributed by atoms with Crippen molar-refractivity contribution in [3.05, 3.63) is 52.2 Å². The molecule has 1 saturated heterocycles. The zero-order valence-electron chi connectivity index (χ0n) is 14.0. The van der Waals surface area contributed by atoms with Crippen LogP contribution in [-0.2, 0) is 0 Å². The highest BCUT2D eigenvalue weighted by molar-refractivity contribution is 5.81. The van der Waals surface area contributed by atoms with Crippen LogP contribution in [0, 0.1) is 6.92 Å². The maximum atomic E-state index is 11.8. The van der Waals surface area contributed by atoms with Crippen LogP contribution in [0.25, 0.3) is 16.6 Å². The van der Waals surface area contributed by atoms with E-state index in [0.717, 1.165) is 22.3 Å². The van der Waals surface area contributed by atoms with Crippen molar-refractivity contribution in [2.45, 2.75) is 32.7 Å². The highest BCUT2D eigenvalue weighted by Gasteiger charge is 2.20. The summed E-state index contributed by atoms with van der Waals surface area (Å²) in [4.78, 5) is 14.4. The van der Waals surface area contributed by atoms with Crippen LogP contribution in [0.5, 0.6) is 0 Å². The number of rotatable bonds is 3. The molecule has 6 heteroatoms. The third-order valence-corrected chi connectivity index (χ3v) is 5.01. The lowest BCUT2D eigenvalue weighted by Gasteiger charge is -2.24. The minimum Gasteiger partial charge on any atom is -0.297 e. The largest absolute Gasteiger partial charge is 0.363 e. The summed E-state index contributed by atoms with van der Waals surface area (Å²) in [5.41, 5.74) is 4.60. The van der Waals surface area contributed by atoms with E-state index >= 15 is 0 Å². The highest BCUT2D eigenvalue weighted by atomic mass is 16.1. The second kappa shape index (κ2) is 5.87. The Morgan fingerprint density at radius 3 is 2.58 bits per heavy atom. The lowest BCUT2D eigenvalue weighted by Crippen LogP contribution is -2.23. The summed E-state index contributed by atoms with van der Waals surface area (Å²) in [5, 5.41) is 10.7. The predicted molar refractivity (Wildman–Crippen MR) is 93.0 cm³/mol. The molecule has 2 aromatic heterocycles. The Balaban J connectivity index is 1.72. The summed E-state index contributed by atoms with van der Waals surface area (Å²) in [7, 11) is 0. The van der Waals surface area contributed by atoms with E-state index in [1.54, 1.807) is 6.20 Å². The second-order valence-electron chi connectivity index (χ2n) is 6.47. The monoisotopic (exact) mass is 323 g/mol. The number of hydrogen-bond acceptors (Lipinski definition) is 4. The third-order valence-electron chi connectivity index (χ3n) is 5.01. The maximum Gasteiger partial charge on any atom is 0.363 e. The van der Waals surface area contributed by atoms with Crippen LogP contribution >= 0.6 is 0 Å². The first-order chi connectivity index (χ1) is 11.6. The molecule has 3 aromatic rings. The molecule has 0 bridgehead atoms. The van der Waals surface area contributed by atoms with Crippen LogP contribution in [0.4, 0.5) is 0 Å². The van der Waals surface area contributed by atoms with Gasteiger partial charge in [-0.25, -0.2) is 9.89 Å². The van der Waals surface area contributed by atoms with Crippen LogP contribution in [0.1, 0.15) is 37.1 Å². The number of hydrogen-bond donors (Lipinski definition) is 1. The molecule has 1 atom stereocenters. The molecule has 6 nitrogen and oxygen atoms in total. The summed E-state index contributed by atoms with van der Waals surface area (Å²) >= 11 is 0. The standard InChI is InChI=1S/C18H21N5O/c1-12-17(16-11-19-20-18(24)23(16)21-12)15-7-5-14(6-8-15)13(2)22-9-3-4-10-22/h5-8,11,13H,3-4,9-10H2,1-2H3,(H,20,24). The summed E-state index contributed by atoms with van der Waals surface area (Å²) < 4.78 is 1.37. The first-order valence-corrected chi connectivity index (χ1v) is 8.42. The normalized spacial score (nSPS) is 16.8. The van der Waals surface area contributed by atoms with Crippen LogP contribution in [-0.4, -0.2) is 37.8 Å². The molecule has 0 saturated carbocycles. The lowest BCUT2D eigenvalue weighted by atomic mass is 10.0. The maximum absolute atomic E-state index is 11.8. The van der Waals surface area contributed by atoms with Crippen molar-refractivity contribution in [2.75, 3.05) is 13.1 Å². The predicted octanol–water partition coefficient (Wildman–Crippen LogP) is 2.55. The molecule has 4 rings (SSSR count). The first-order valence-electron chi connectivity index (χ1n) is 8.42. The van der Waals surface area contributed by atoms with Crippen LogP contribution in [0.2, 0.25) is 0 Å². The van der Waals surface area contributed by atoms with Gasteiger partial charge in [0.2, 0.25) is 0 Å². The van der Waals surface area contributed by atoms with Crippen LogP contribution in [0.3, 0.4) is 0 Å². The fourth-order valence-electron chi connectivity index (χ4n) is 3.64. The molecule has 1 unspecified atom stereocenters. The Kier molecular flexibility index (Phi) is 3.69. The van der Waals surface area contributed by atoms with Gasteiger partial charge in [0.1, 0.15) is 5.52 Å². The molecular weight excluding hydrogens is 302 g/mol. The van der Waals surface area contributed by atoms with Gasteiger partial charge >= 0.3 is 5.69 Å². The van der Waals surface area contributed by atoms with Crippen molar-refractivity contribution >= 4 is 5.52 Å². The van der Waals surface area contributed by atoms with Gasteiger partial charge in [0.05, 0.1) is 11.9 Å². The van der Waals surface area contributed by atoms with Crippen LogP contribution in [0.15, 0.2) is 35.3 Å². The topological polar surface area (TPSA) is 66.3 Å². The van der Waals surface area contributed by atoms with Crippen molar-refractivity contribution in [2.24, 2.45) is 0 Å². The number of aryl methyl sites for hydroxylation is 1.